The van der Waals surface area contributed by atoms with E-state index in [1.165, 1.54) is 12.1 Å². The van der Waals surface area contributed by atoms with Gasteiger partial charge < -0.3 is 24.1 Å². The monoisotopic (exact) mass is 695 g/mol. The second-order valence-electron chi connectivity index (χ2n) is 14.7. The second kappa shape index (κ2) is 16.4. The summed E-state index contributed by atoms with van der Waals surface area (Å²) in [5.74, 6) is 0.911. The van der Waals surface area contributed by atoms with Crippen molar-refractivity contribution >= 4 is 5.97 Å². The average molecular weight is 696 g/mol. The number of rotatable bonds is 13. The minimum atomic E-state index is -1.23. The van der Waals surface area contributed by atoms with Crippen LogP contribution in [0.5, 0.6) is 11.5 Å². The highest BCUT2D eigenvalue weighted by molar-refractivity contribution is 5.91. The molecule has 1 aromatic heterocycles. The normalized spacial score (nSPS) is 15.5. The Bertz CT molecular complexity index is 1790. The molecule has 0 aliphatic carbocycles. The van der Waals surface area contributed by atoms with Crippen molar-refractivity contribution in [3.63, 3.8) is 0 Å². The summed E-state index contributed by atoms with van der Waals surface area (Å²) in [5.41, 5.74) is 7.16. The highest BCUT2D eigenvalue weighted by atomic mass is 19.1. The van der Waals surface area contributed by atoms with Crippen molar-refractivity contribution in [2.24, 2.45) is 5.92 Å². The maximum atomic E-state index is 13.4. The number of carboxylic acid groups (broad SMARTS) is 1. The molecule has 1 unspecified atom stereocenters. The van der Waals surface area contributed by atoms with E-state index in [1.807, 2.05) is 64.1 Å². The lowest BCUT2D eigenvalue weighted by molar-refractivity contribution is -0.160. The van der Waals surface area contributed by atoms with E-state index >= 15 is 0 Å². The molecule has 1 N–H and O–H groups in total. The van der Waals surface area contributed by atoms with Crippen molar-refractivity contribution in [3.05, 3.63) is 101 Å². The molecule has 8 heteroatoms. The van der Waals surface area contributed by atoms with Crippen molar-refractivity contribution in [3.8, 4) is 33.8 Å². The van der Waals surface area contributed by atoms with Gasteiger partial charge in [-0.1, -0.05) is 30.3 Å². The first-order valence-corrected chi connectivity index (χ1v) is 18.3. The lowest BCUT2D eigenvalue weighted by Crippen LogP contribution is -2.28. The molecule has 1 saturated heterocycles. The summed E-state index contributed by atoms with van der Waals surface area (Å²) >= 11 is 0. The Morgan fingerprint density at radius 3 is 2.39 bits per heavy atom. The van der Waals surface area contributed by atoms with E-state index in [0.717, 1.165) is 103 Å². The fourth-order valence-electron chi connectivity index (χ4n) is 7.24. The Balaban J connectivity index is 1.44. The predicted molar refractivity (Wildman–Crippen MR) is 197 cm³/mol. The van der Waals surface area contributed by atoms with Crippen molar-refractivity contribution in [1.29, 1.82) is 0 Å². The zero-order valence-corrected chi connectivity index (χ0v) is 30.3. The first-order chi connectivity index (χ1) is 24.6. The quantitative estimate of drug-likeness (QED) is 0.149. The molecule has 7 nitrogen and oxygen atoms in total. The van der Waals surface area contributed by atoms with Crippen LogP contribution in [0.3, 0.4) is 0 Å². The van der Waals surface area contributed by atoms with Crippen LogP contribution in [0.25, 0.3) is 22.3 Å². The van der Waals surface area contributed by atoms with Crippen LogP contribution >= 0.6 is 0 Å². The summed E-state index contributed by atoms with van der Waals surface area (Å²) in [6.07, 6.45) is 6.20. The number of hydrogen-bond donors (Lipinski definition) is 1. The molecule has 4 aromatic rings. The number of pyridine rings is 1. The van der Waals surface area contributed by atoms with Crippen LogP contribution in [-0.4, -0.2) is 48.1 Å². The van der Waals surface area contributed by atoms with Crippen molar-refractivity contribution in [2.45, 2.75) is 90.8 Å². The number of benzene rings is 3. The molecule has 2 aliphatic rings. The van der Waals surface area contributed by atoms with E-state index in [1.54, 1.807) is 12.1 Å². The number of nitrogens with zero attached hydrogens (tertiary/aromatic N) is 1. The molecule has 2 aliphatic heterocycles. The number of aromatic nitrogens is 1. The van der Waals surface area contributed by atoms with E-state index in [2.05, 4.69) is 6.07 Å². The molecule has 270 valence electrons. The first-order valence-electron chi connectivity index (χ1n) is 18.3. The molecular weight excluding hydrogens is 645 g/mol. The Morgan fingerprint density at radius 1 is 0.961 bits per heavy atom. The Hall–Kier alpha value is -4.27. The lowest BCUT2D eigenvalue weighted by atomic mass is 9.84. The number of carboxylic acids is 1. The molecule has 3 heterocycles. The van der Waals surface area contributed by atoms with Gasteiger partial charge in [-0.2, -0.15) is 0 Å². The van der Waals surface area contributed by atoms with Gasteiger partial charge in [0.15, 0.2) is 6.10 Å². The molecule has 1 fully saturated rings. The van der Waals surface area contributed by atoms with E-state index < -0.39 is 17.7 Å². The number of halogens is 1. The molecule has 51 heavy (non-hydrogen) atoms. The first kappa shape index (κ1) is 36.5. The summed E-state index contributed by atoms with van der Waals surface area (Å²) in [5, 5.41) is 10.7. The molecule has 3 aromatic carbocycles. The summed E-state index contributed by atoms with van der Waals surface area (Å²) in [4.78, 5) is 18.3. The number of aliphatic carboxylic acids is 1. The van der Waals surface area contributed by atoms with Crippen LogP contribution in [0, 0.1) is 18.7 Å². The third-order valence-electron chi connectivity index (χ3n) is 9.74. The Kier molecular flexibility index (Phi) is 11.7. The highest BCUT2D eigenvalue weighted by Crippen LogP contribution is 2.45. The molecule has 0 bridgehead atoms. The molecule has 0 spiro atoms. The zero-order valence-electron chi connectivity index (χ0n) is 30.3. The number of fused-ring (bicyclic) bond motifs is 1. The van der Waals surface area contributed by atoms with Crippen LogP contribution in [0.15, 0.2) is 66.7 Å². The molecule has 0 saturated carbocycles. The Labute approximate surface area is 301 Å². The SMILES string of the molecule is Cc1nc(CCCC2CCOCC2)c(-c2ccc(OCCc3ccc(F)cc3)cc2)c(-c2ccc3c(c2)CCCO3)c1C(OC(C)(C)C)C(=O)O. The molecule has 1 atom stereocenters. The molecule has 0 amide bonds. The van der Waals surface area contributed by atoms with Crippen LogP contribution in [-0.2, 0) is 33.5 Å². The van der Waals surface area contributed by atoms with E-state index in [9.17, 15) is 14.3 Å². The van der Waals surface area contributed by atoms with Crippen LogP contribution < -0.4 is 9.47 Å². The van der Waals surface area contributed by atoms with Crippen LogP contribution in [0.1, 0.15) is 87.1 Å². The van der Waals surface area contributed by atoms with Gasteiger partial charge in [-0.3, -0.25) is 4.98 Å². The van der Waals surface area contributed by atoms with Crippen LogP contribution in [0.2, 0.25) is 0 Å². The predicted octanol–water partition coefficient (Wildman–Crippen LogP) is 9.50. The molecule has 6 rings (SSSR count). The largest absolute Gasteiger partial charge is 0.493 e. The number of hydrogen-bond acceptors (Lipinski definition) is 6. The van der Waals surface area contributed by atoms with Gasteiger partial charge in [-0.05, 0) is 143 Å². The minimum absolute atomic E-state index is 0.255. The standard InChI is InChI=1S/C43H50FNO6/c1-28-38(41(42(46)47)51-43(2,3)4)40(33-14-19-37-32(27-33)8-6-23-50-37)39(36(45-28)9-5-7-29-20-24-48-25-21-29)31-12-17-35(18-13-31)49-26-22-30-10-15-34(44)16-11-30/h10-19,27,29,41H,5-9,20-26H2,1-4H3,(H,46,47). The van der Waals surface area contributed by atoms with E-state index in [0.29, 0.717) is 42.6 Å². The van der Waals surface area contributed by atoms with Crippen molar-refractivity contribution < 1.29 is 33.2 Å². The number of carbonyl (C=O) groups is 1. The summed E-state index contributed by atoms with van der Waals surface area (Å²) < 4.78 is 37.4. The van der Waals surface area contributed by atoms with Gasteiger partial charge in [0.2, 0.25) is 0 Å². The summed E-state index contributed by atoms with van der Waals surface area (Å²) in [6.45, 7) is 10.3. The smallest absolute Gasteiger partial charge is 0.337 e. The minimum Gasteiger partial charge on any atom is -0.493 e. The van der Waals surface area contributed by atoms with Crippen LogP contribution in [0.4, 0.5) is 4.39 Å². The highest BCUT2D eigenvalue weighted by Gasteiger charge is 2.34. The van der Waals surface area contributed by atoms with Gasteiger partial charge in [-0.15, -0.1) is 0 Å². The van der Waals surface area contributed by atoms with Gasteiger partial charge in [0, 0.05) is 42.1 Å². The van der Waals surface area contributed by atoms with E-state index in [-0.39, 0.29) is 5.82 Å². The maximum absolute atomic E-state index is 13.4. The maximum Gasteiger partial charge on any atom is 0.337 e. The van der Waals surface area contributed by atoms with Crippen molar-refractivity contribution in [2.75, 3.05) is 26.4 Å². The molecular formula is C43H50FNO6. The summed E-state index contributed by atoms with van der Waals surface area (Å²) in [7, 11) is 0. The van der Waals surface area contributed by atoms with E-state index in [4.69, 9.17) is 23.9 Å². The Morgan fingerprint density at radius 2 is 1.69 bits per heavy atom. The molecule has 0 radical (unpaired) electrons. The summed E-state index contributed by atoms with van der Waals surface area (Å²) in [6, 6.07) is 20.7. The lowest BCUT2D eigenvalue weighted by Gasteiger charge is -2.30. The number of ether oxygens (including phenoxy) is 4. The van der Waals surface area contributed by atoms with Crippen molar-refractivity contribution in [1.82, 2.24) is 4.98 Å². The van der Waals surface area contributed by atoms with Gasteiger partial charge in [0.05, 0.1) is 18.8 Å². The van der Waals surface area contributed by atoms with Gasteiger partial charge in [-0.25, -0.2) is 9.18 Å². The van der Waals surface area contributed by atoms with Gasteiger partial charge >= 0.3 is 5.97 Å². The third kappa shape index (κ3) is 9.35. The zero-order chi connectivity index (χ0) is 36.0. The fraction of sp³-hybridized carbons (Fsp3) is 0.442. The third-order valence-corrected chi connectivity index (χ3v) is 9.74. The van der Waals surface area contributed by atoms with Gasteiger partial charge in [0.1, 0.15) is 17.3 Å². The number of aryl methyl sites for hydroxylation is 3. The average Bonchev–Trinajstić information content (AvgIpc) is 3.11. The fourth-order valence-corrected chi connectivity index (χ4v) is 7.24. The topological polar surface area (TPSA) is 87.1 Å². The second-order valence-corrected chi connectivity index (χ2v) is 14.7. The van der Waals surface area contributed by atoms with Gasteiger partial charge in [0.25, 0.3) is 0 Å².